The molecular weight excluding hydrogens is 349 g/mol. The van der Waals surface area contributed by atoms with Crippen molar-refractivity contribution in [1.82, 2.24) is 5.43 Å². The SMILES string of the molecule is CCCCOc1ccccc1C=NNC(=O)CC(=O)Nc1ccccc1F. The zero-order chi connectivity index (χ0) is 19.5. The fourth-order valence-corrected chi connectivity index (χ4v) is 2.16. The summed E-state index contributed by atoms with van der Waals surface area (Å²) < 4.78 is 19.1. The van der Waals surface area contributed by atoms with Crippen molar-refractivity contribution in [1.29, 1.82) is 0 Å². The Morgan fingerprint density at radius 1 is 1.11 bits per heavy atom. The Labute approximate surface area is 157 Å². The van der Waals surface area contributed by atoms with Crippen LogP contribution in [0, 0.1) is 5.82 Å². The van der Waals surface area contributed by atoms with Crippen molar-refractivity contribution in [3.8, 4) is 5.75 Å². The number of anilines is 1. The van der Waals surface area contributed by atoms with E-state index in [9.17, 15) is 14.0 Å². The fraction of sp³-hybridized carbons (Fsp3) is 0.250. The van der Waals surface area contributed by atoms with Gasteiger partial charge in [0.25, 0.3) is 0 Å². The summed E-state index contributed by atoms with van der Waals surface area (Å²) in [7, 11) is 0. The van der Waals surface area contributed by atoms with Crippen molar-refractivity contribution >= 4 is 23.7 Å². The number of hydrazone groups is 1. The molecule has 0 spiro atoms. The largest absolute Gasteiger partial charge is 0.493 e. The zero-order valence-electron chi connectivity index (χ0n) is 15.1. The summed E-state index contributed by atoms with van der Waals surface area (Å²) in [5, 5.41) is 6.19. The summed E-state index contributed by atoms with van der Waals surface area (Å²) in [4.78, 5) is 23.6. The van der Waals surface area contributed by atoms with Crippen LogP contribution >= 0.6 is 0 Å². The van der Waals surface area contributed by atoms with Crippen LogP contribution in [-0.4, -0.2) is 24.6 Å². The predicted octanol–water partition coefficient (Wildman–Crippen LogP) is 3.48. The number of halogens is 1. The van der Waals surface area contributed by atoms with E-state index in [0.29, 0.717) is 17.9 Å². The van der Waals surface area contributed by atoms with Crippen LogP contribution in [0.2, 0.25) is 0 Å². The molecule has 0 aliphatic carbocycles. The summed E-state index contributed by atoms with van der Waals surface area (Å²) in [6, 6.07) is 13.0. The smallest absolute Gasteiger partial charge is 0.249 e. The molecule has 0 heterocycles. The van der Waals surface area contributed by atoms with Crippen LogP contribution in [0.15, 0.2) is 53.6 Å². The minimum absolute atomic E-state index is 0.0250. The molecule has 0 fully saturated rings. The summed E-state index contributed by atoms with van der Waals surface area (Å²) in [5.41, 5.74) is 3.01. The molecule has 0 atom stereocenters. The Morgan fingerprint density at radius 3 is 2.63 bits per heavy atom. The normalized spacial score (nSPS) is 10.6. The summed E-state index contributed by atoms with van der Waals surface area (Å²) in [6.07, 6.45) is 2.95. The number of unbranched alkanes of at least 4 members (excludes halogenated alkanes) is 1. The molecule has 0 saturated heterocycles. The Hall–Kier alpha value is -3.22. The molecule has 0 unspecified atom stereocenters. The molecule has 0 aliphatic heterocycles. The van der Waals surface area contributed by atoms with Crippen LogP contribution < -0.4 is 15.5 Å². The third-order valence-corrected chi connectivity index (χ3v) is 3.54. The molecule has 0 aliphatic rings. The maximum Gasteiger partial charge on any atom is 0.249 e. The second-order valence-electron chi connectivity index (χ2n) is 5.74. The van der Waals surface area contributed by atoms with Gasteiger partial charge in [-0.15, -0.1) is 0 Å². The first-order chi connectivity index (χ1) is 13.1. The second-order valence-corrected chi connectivity index (χ2v) is 5.74. The average Bonchev–Trinajstić information content (AvgIpc) is 2.65. The number of carbonyl (C=O) groups is 2. The Bertz CT molecular complexity index is 809. The van der Waals surface area contributed by atoms with Crippen molar-refractivity contribution in [2.75, 3.05) is 11.9 Å². The van der Waals surface area contributed by atoms with Gasteiger partial charge in [-0.1, -0.05) is 37.6 Å². The molecule has 6 nitrogen and oxygen atoms in total. The van der Waals surface area contributed by atoms with Crippen molar-refractivity contribution in [2.45, 2.75) is 26.2 Å². The molecular formula is C20H22FN3O3. The number of hydrogen-bond acceptors (Lipinski definition) is 4. The van der Waals surface area contributed by atoms with Gasteiger partial charge in [-0.05, 0) is 30.7 Å². The Balaban J connectivity index is 1.84. The van der Waals surface area contributed by atoms with E-state index in [1.807, 2.05) is 24.3 Å². The van der Waals surface area contributed by atoms with Gasteiger partial charge in [0.15, 0.2) is 0 Å². The van der Waals surface area contributed by atoms with Crippen LogP contribution in [0.25, 0.3) is 0 Å². The van der Waals surface area contributed by atoms with Crippen molar-refractivity contribution in [3.05, 3.63) is 59.9 Å². The van der Waals surface area contributed by atoms with Gasteiger partial charge < -0.3 is 10.1 Å². The number of ether oxygens (including phenoxy) is 1. The van der Waals surface area contributed by atoms with E-state index in [0.717, 1.165) is 12.8 Å². The maximum absolute atomic E-state index is 13.5. The van der Waals surface area contributed by atoms with Gasteiger partial charge in [0.05, 0.1) is 18.5 Å². The van der Waals surface area contributed by atoms with Crippen molar-refractivity contribution in [3.63, 3.8) is 0 Å². The van der Waals surface area contributed by atoms with E-state index in [1.54, 1.807) is 6.07 Å². The number of benzene rings is 2. The van der Waals surface area contributed by atoms with Gasteiger partial charge in [-0.3, -0.25) is 9.59 Å². The molecule has 7 heteroatoms. The maximum atomic E-state index is 13.5. The third-order valence-electron chi connectivity index (χ3n) is 3.54. The van der Waals surface area contributed by atoms with Crippen molar-refractivity contribution < 1.29 is 18.7 Å². The van der Waals surface area contributed by atoms with Gasteiger partial charge in [0, 0.05) is 5.56 Å². The van der Waals surface area contributed by atoms with Crippen LogP contribution in [0.4, 0.5) is 10.1 Å². The quantitative estimate of drug-likeness (QED) is 0.306. The van der Waals surface area contributed by atoms with E-state index in [4.69, 9.17) is 4.74 Å². The monoisotopic (exact) mass is 371 g/mol. The van der Waals surface area contributed by atoms with E-state index < -0.39 is 24.1 Å². The number of amides is 2. The zero-order valence-corrected chi connectivity index (χ0v) is 15.1. The lowest BCUT2D eigenvalue weighted by molar-refractivity contribution is -0.126. The molecule has 2 amide bonds. The van der Waals surface area contributed by atoms with Crippen LogP contribution in [0.1, 0.15) is 31.7 Å². The molecule has 2 aromatic rings. The molecule has 142 valence electrons. The van der Waals surface area contributed by atoms with Crippen LogP contribution in [0.3, 0.4) is 0 Å². The minimum Gasteiger partial charge on any atom is -0.493 e. The number of hydrogen-bond donors (Lipinski definition) is 2. The molecule has 2 aromatic carbocycles. The Morgan fingerprint density at radius 2 is 1.85 bits per heavy atom. The highest BCUT2D eigenvalue weighted by molar-refractivity contribution is 6.03. The third kappa shape index (κ3) is 6.89. The lowest BCUT2D eigenvalue weighted by Gasteiger charge is -2.08. The Kier molecular flexibility index (Phi) is 7.96. The van der Waals surface area contributed by atoms with E-state index in [-0.39, 0.29) is 5.69 Å². The number of nitrogens with one attached hydrogen (secondary N) is 2. The molecule has 27 heavy (non-hydrogen) atoms. The highest BCUT2D eigenvalue weighted by atomic mass is 19.1. The van der Waals surface area contributed by atoms with Crippen LogP contribution in [0.5, 0.6) is 5.75 Å². The van der Waals surface area contributed by atoms with E-state index >= 15 is 0 Å². The molecule has 0 bridgehead atoms. The minimum atomic E-state index is -0.629. The van der Waals surface area contributed by atoms with Crippen LogP contribution in [-0.2, 0) is 9.59 Å². The molecule has 2 N–H and O–H groups in total. The number of rotatable bonds is 9. The first-order valence-electron chi connectivity index (χ1n) is 8.68. The molecule has 0 aromatic heterocycles. The first-order valence-corrected chi connectivity index (χ1v) is 8.68. The van der Waals surface area contributed by atoms with E-state index in [1.165, 1.54) is 24.4 Å². The first kappa shape index (κ1) is 20.1. The van der Waals surface area contributed by atoms with Gasteiger partial charge in [-0.25, -0.2) is 9.82 Å². The standard InChI is InChI=1S/C20H22FN3O3/c1-2-3-12-27-18-11-7-4-8-15(18)14-22-24-20(26)13-19(25)23-17-10-6-5-9-16(17)21/h4-11,14H,2-3,12-13H2,1H3,(H,23,25)(H,24,26). The summed E-state index contributed by atoms with van der Waals surface area (Å²) in [5.74, 6) is -1.13. The lowest BCUT2D eigenvalue weighted by atomic mass is 10.2. The highest BCUT2D eigenvalue weighted by Crippen LogP contribution is 2.16. The number of para-hydroxylation sites is 2. The lowest BCUT2D eigenvalue weighted by Crippen LogP contribution is -2.25. The number of carbonyl (C=O) groups excluding carboxylic acids is 2. The van der Waals surface area contributed by atoms with E-state index in [2.05, 4.69) is 22.8 Å². The average molecular weight is 371 g/mol. The molecule has 2 rings (SSSR count). The topological polar surface area (TPSA) is 79.8 Å². The van der Waals surface area contributed by atoms with Gasteiger partial charge in [-0.2, -0.15) is 5.10 Å². The molecule has 0 radical (unpaired) electrons. The van der Waals surface area contributed by atoms with Crippen molar-refractivity contribution in [2.24, 2.45) is 5.10 Å². The number of nitrogens with zero attached hydrogens (tertiary/aromatic N) is 1. The molecule has 0 saturated carbocycles. The van der Waals surface area contributed by atoms with Gasteiger partial charge in [0.2, 0.25) is 11.8 Å². The summed E-state index contributed by atoms with van der Waals surface area (Å²) >= 11 is 0. The highest BCUT2D eigenvalue weighted by Gasteiger charge is 2.11. The summed E-state index contributed by atoms with van der Waals surface area (Å²) in [6.45, 7) is 2.68. The second kappa shape index (κ2) is 10.7. The predicted molar refractivity (Wildman–Crippen MR) is 102 cm³/mol. The fourth-order valence-electron chi connectivity index (χ4n) is 2.16. The van der Waals surface area contributed by atoms with Gasteiger partial charge in [0.1, 0.15) is 18.0 Å². The van der Waals surface area contributed by atoms with Gasteiger partial charge >= 0.3 is 0 Å².